The molecule has 0 aromatic heterocycles. The third-order valence-electron chi connectivity index (χ3n) is 4.64. The molecular weight excluding hydrogens is 264 g/mol. The molecule has 21 heavy (non-hydrogen) atoms. The number of nitrogens with one attached hydrogen (secondary N) is 6. The fraction of sp³-hybridized carbons (Fsp3) is 1.00. The van der Waals surface area contributed by atoms with E-state index in [4.69, 9.17) is 0 Å². The molecule has 0 amide bonds. The van der Waals surface area contributed by atoms with Crippen LogP contribution in [-0.2, 0) is 0 Å². The molecule has 4 atom stereocenters. The molecule has 2 aliphatic heterocycles. The van der Waals surface area contributed by atoms with Gasteiger partial charge in [0.2, 0.25) is 0 Å². The molecule has 0 aliphatic carbocycles. The standard InChI is InChI=1S/C15H34N6/c1-12(14-10-16-6-8-20-14)18-4-3-5-19-13(2)15-11-17-7-9-21-15/h12-21H,3-11H2,1-2H3. The minimum Gasteiger partial charge on any atom is -0.314 e. The van der Waals surface area contributed by atoms with Crippen LogP contribution in [0, 0.1) is 0 Å². The summed E-state index contributed by atoms with van der Waals surface area (Å²) < 4.78 is 0. The first-order valence-electron chi connectivity index (χ1n) is 8.62. The van der Waals surface area contributed by atoms with Crippen molar-refractivity contribution in [1.82, 2.24) is 31.9 Å². The topological polar surface area (TPSA) is 72.2 Å². The van der Waals surface area contributed by atoms with Gasteiger partial charge in [0, 0.05) is 63.4 Å². The molecule has 6 N–H and O–H groups in total. The van der Waals surface area contributed by atoms with Crippen molar-refractivity contribution in [3.63, 3.8) is 0 Å². The van der Waals surface area contributed by atoms with Crippen molar-refractivity contribution < 1.29 is 0 Å². The first-order chi connectivity index (χ1) is 10.3. The van der Waals surface area contributed by atoms with Gasteiger partial charge in [-0.25, -0.2) is 0 Å². The molecule has 0 spiro atoms. The second-order valence-electron chi connectivity index (χ2n) is 6.37. The van der Waals surface area contributed by atoms with Crippen molar-refractivity contribution in [3.05, 3.63) is 0 Å². The van der Waals surface area contributed by atoms with E-state index in [1.807, 2.05) is 0 Å². The molecule has 0 aromatic rings. The highest BCUT2D eigenvalue weighted by atomic mass is 15.1. The van der Waals surface area contributed by atoms with Gasteiger partial charge in [-0.3, -0.25) is 0 Å². The Bertz CT molecular complexity index is 237. The summed E-state index contributed by atoms with van der Waals surface area (Å²) in [5, 5.41) is 21.3. The predicted octanol–water partition coefficient (Wildman–Crippen LogP) is -1.54. The van der Waals surface area contributed by atoms with E-state index in [0.29, 0.717) is 24.2 Å². The maximum atomic E-state index is 3.64. The van der Waals surface area contributed by atoms with Gasteiger partial charge in [-0.05, 0) is 33.4 Å². The summed E-state index contributed by atoms with van der Waals surface area (Å²) in [7, 11) is 0. The SMILES string of the molecule is CC(NCCCNC(C)C1CNCCN1)C1CNCCN1. The van der Waals surface area contributed by atoms with Gasteiger partial charge in [-0.1, -0.05) is 0 Å². The van der Waals surface area contributed by atoms with Gasteiger partial charge in [0.15, 0.2) is 0 Å². The second-order valence-corrected chi connectivity index (χ2v) is 6.37. The van der Waals surface area contributed by atoms with Crippen molar-refractivity contribution in [3.8, 4) is 0 Å². The Labute approximate surface area is 129 Å². The van der Waals surface area contributed by atoms with E-state index in [1.165, 1.54) is 6.42 Å². The molecule has 0 bridgehead atoms. The fourth-order valence-electron chi connectivity index (χ4n) is 3.09. The highest BCUT2D eigenvalue weighted by Gasteiger charge is 2.19. The van der Waals surface area contributed by atoms with Crippen LogP contribution in [0.2, 0.25) is 0 Å². The fourth-order valence-corrected chi connectivity index (χ4v) is 3.09. The average Bonchev–Trinajstić information content (AvgIpc) is 2.55. The Morgan fingerprint density at radius 3 is 1.67 bits per heavy atom. The number of piperazine rings is 2. The summed E-state index contributed by atoms with van der Waals surface area (Å²) >= 11 is 0. The quantitative estimate of drug-likeness (QED) is 0.305. The van der Waals surface area contributed by atoms with Crippen molar-refractivity contribution in [2.24, 2.45) is 0 Å². The summed E-state index contributed by atoms with van der Waals surface area (Å²) in [5.41, 5.74) is 0. The molecule has 4 unspecified atom stereocenters. The van der Waals surface area contributed by atoms with E-state index in [0.717, 1.165) is 52.4 Å². The first kappa shape index (κ1) is 17.1. The molecule has 6 heteroatoms. The molecule has 6 nitrogen and oxygen atoms in total. The zero-order valence-electron chi connectivity index (χ0n) is 13.7. The Morgan fingerprint density at radius 1 is 0.810 bits per heavy atom. The molecule has 2 aliphatic rings. The number of rotatable bonds is 8. The van der Waals surface area contributed by atoms with Crippen LogP contribution in [0.1, 0.15) is 20.3 Å². The maximum Gasteiger partial charge on any atom is 0.0344 e. The van der Waals surface area contributed by atoms with Crippen LogP contribution < -0.4 is 31.9 Å². The molecule has 2 heterocycles. The summed E-state index contributed by atoms with van der Waals surface area (Å²) in [5.74, 6) is 0. The van der Waals surface area contributed by atoms with Crippen LogP contribution in [0.5, 0.6) is 0 Å². The Hall–Kier alpha value is -0.240. The zero-order chi connectivity index (χ0) is 14.9. The van der Waals surface area contributed by atoms with Crippen LogP contribution in [0.15, 0.2) is 0 Å². The van der Waals surface area contributed by atoms with Gasteiger partial charge in [0.1, 0.15) is 0 Å². The van der Waals surface area contributed by atoms with Crippen molar-refractivity contribution >= 4 is 0 Å². The smallest absolute Gasteiger partial charge is 0.0344 e. The molecule has 2 fully saturated rings. The van der Waals surface area contributed by atoms with Crippen molar-refractivity contribution in [1.29, 1.82) is 0 Å². The molecule has 2 rings (SSSR count). The van der Waals surface area contributed by atoms with Crippen LogP contribution in [0.4, 0.5) is 0 Å². The van der Waals surface area contributed by atoms with Crippen LogP contribution >= 0.6 is 0 Å². The predicted molar refractivity (Wildman–Crippen MR) is 88.9 cm³/mol. The lowest BCUT2D eigenvalue weighted by molar-refractivity contribution is 0.326. The molecule has 124 valence electrons. The van der Waals surface area contributed by atoms with Gasteiger partial charge in [0.25, 0.3) is 0 Å². The summed E-state index contributed by atoms with van der Waals surface area (Å²) in [6.07, 6.45) is 1.18. The van der Waals surface area contributed by atoms with Gasteiger partial charge in [-0.15, -0.1) is 0 Å². The highest BCUT2D eigenvalue weighted by Crippen LogP contribution is 1.97. The second kappa shape index (κ2) is 9.71. The zero-order valence-corrected chi connectivity index (χ0v) is 13.7. The first-order valence-corrected chi connectivity index (χ1v) is 8.62. The summed E-state index contributed by atoms with van der Waals surface area (Å²) in [6, 6.07) is 2.17. The summed E-state index contributed by atoms with van der Waals surface area (Å²) in [4.78, 5) is 0. The lowest BCUT2D eigenvalue weighted by atomic mass is 10.1. The third kappa shape index (κ3) is 6.18. The Morgan fingerprint density at radius 2 is 1.29 bits per heavy atom. The molecule has 0 saturated carbocycles. The monoisotopic (exact) mass is 298 g/mol. The van der Waals surface area contributed by atoms with E-state index in [2.05, 4.69) is 45.7 Å². The van der Waals surface area contributed by atoms with Gasteiger partial charge in [-0.2, -0.15) is 0 Å². The largest absolute Gasteiger partial charge is 0.314 e. The maximum absolute atomic E-state index is 3.64. The van der Waals surface area contributed by atoms with Gasteiger partial charge < -0.3 is 31.9 Å². The lowest BCUT2D eigenvalue weighted by Gasteiger charge is -2.31. The van der Waals surface area contributed by atoms with E-state index in [1.54, 1.807) is 0 Å². The van der Waals surface area contributed by atoms with E-state index in [9.17, 15) is 0 Å². The van der Waals surface area contributed by atoms with Crippen molar-refractivity contribution in [2.75, 3.05) is 52.4 Å². The molecular formula is C15H34N6. The average molecular weight is 298 g/mol. The van der Waals surface area contributed by atoms with Gasteiger partial charge >= 0.3 is 0 Å². The molecule has 2 saturated heterocycles. The van der Waals surface area contributed by atoms with Crippen LogP contribution in [-0.4, -0.2) is 76.5 Å². The number of hydrogen-bond acceptors (Lipinski definition) is 6. The van der Waals surface area contributed by atoms with Crippen molar-refractivity contribution in [2.45, 2.75) is 44.4 Å². The lowest BCUT2D eigenvalue weighted by Crippen LogP contribution is -2.57. The third-order valence-corrected chi connectivity index (χ3v) is 4.64. The van der Waals surface area contributed by atoms with E-state index < -0.39 is 0 Å². The highest BCUT2D eigenvalue weighted by molar-refractivity contribution is 4.85. The Balaban J connectivity index is 1.49. The van der Waals surface area contributed by atoms with Crippen LogP contribution in [0.3, 0.4) is 0 Å². The normalized spacial score (nSPS) is 30.0. The minimum absolute atomic E-state index is 0.527. The number of hydrogen-bond donors (Lipinski definition) is 6. The van der Waals surface area contributed by atoms with E-state index >= 15 is 0 Å². The summed E-state index contributed by atoms with van der Waals surface area (Å²) in [6.45, 7) is 13.2. The van der Waals surface area contributed by atoms with Gasteiger partial charge in [0.05, 0.1) is 0 Å². The minimum atomic E-state index is 0.527. The van der Waals surface area contributed by atoms with E-state index in [-0.39, 0.29) is 0 Å². The van der Waals surface area contributed by atoms with Crippen LogP contribution in [0.25, 0.3) is 0 Å². The molecule has 0 aromatic carbocycles. The Kier molecular flexibility index (Phi) is 7.92. The molecule has 0 radical (unpaired) electrons.